The molecule has 3 N–H and O–H groups in total. The Hall–Kier alpha value is -3.64. The molecule has 0 radical (unpaired) electrons. The third-order valence-electron chi connectivity index (χ3n) is 6.68. The normalized spacial score (nSPS) is 23.0. The summed E-state index contributed by atoms with van der Waals surface area (Å²) in [6.45, 7) is 3.75. The van der Waals surface area contributed by atoms with Crippen LogP contribution in [0.25, 0.3) is 11.4 Å². The number of hydrogen-bond acceptors (Lipinski definition) is 5. The van der Waals surface area contributed by atoms with E-state index < -0.39 is 52.0 Å². The Labute approximate surface area is 203 Å². The van der Waals surface area contributed by atoms with Gasteiger partial charge in [-0.15, -0.1) is 0 Å². The Morgan fingerprint density at radius 2 is 1.94 bits per heavy atom. The minimum Gasteiger partial charge on any atom is -0.320 e. The number of carbonyl (C=O) groups is 1. The molecule has 2 aromatic rings. The molecular weight excluding hydrogens is 485 g/mol. The molecule has 2 bridgehead atoms. The van der Waals surface area contributed by atoms with Crippen LogP contribution >= 0.6 is 0 Å². The van der Waals surface area contributed by atoms with Crippen molar-refractivity contribution in [1.82, 2.24) is 19.8 Å². The monoisotopic (exact) mass is 509 g/mol. The van der Waals surface area contributed by atoms with Crippen molar-refractivity contribution in [2.45, 2.75) is 50.9 Å². The molecule has 0 spiro atoms. The van der Waals surface area contributed by atoms with Crippen LogP contribution in [0.3, 0.4) is 0 Å². The molecule has 3 unspecified atom stereocenters. The fraction of sp³-hybridized carbons (Fsp3) is 0.435. The van der Waals surface area contributed by atoms with E-state index in [1.54, 1.807) is 0 Å². The van der Waals surface area contributed by atoms with Gasteiger partial charge in [0.1, 0.15) is 5.82 Å². The van der Waals surface area contributed by atoms with Crippen molar-refractivity contribution in [2.24, 2.45) is 5.92 Å². The molecule has 36 heavy (non-hydrogen) atoms. The van der Waals surface area contributed by atoms with Crippen molar-refractivity contribution in [1.29, 1.82) is 10.8 Å². The number of likely N-dealkylation sites (tertiary alicyclic amines) is 1. The van der Waals surface area contributed by atoms with Gasteiger partial charge >= 0.3 is 12.2 Å². The maximum atomic E-state index is 14.8. The second kappa shape index (κ2) is 9.10. The van der Waals surface area contributed by atoms with Gasteiger partial charge in [-0.3, -0.25) is 10.8 Å². The van der Waals surface area contributed by atoms with E-state index in [1.807, 2.05) is 6.92 Å². The first-order valence-electron chi connectivity index (χ1n) is 11.2. The molecular formula is C23H24F5N7O. The molecule has 13 heteroatoms. The maximum absolute atomic E-state index is 14.8. The SMILES string of the molecule is CC(=N)N(C=N)CC12CC(C)CC(C1)N2C(=O)Nc1cc(-c2ncc(F)cn2)c(C(F)(F)F)cc1F. The van der Waals surface area contributed by atoms with E-state index in [0.29, 0.717) is 31.7 Å². The standard InChI is InChI=1S/C23H24F5N7O/c1-12-3-15-7-22(6-12,10-34(11-29)13(2)30)35(15)21(36)33-19-4-16(20-31-8-14(24)9-32-20)17(5-18(19)25)23(26,27)28/h4-5,8-9,11-12,15,29-30H,3,6-7,10H2,1-2H3,(H,33,36). The topological polar surface area (TPSA) is 109 Å². The smallest absolute Gasteiger partial charge is 0.320 e. The van der Waals surface area contributed by atoms with Crippen molar-refractivity contribution >= 4 is 23.9 Å². The average molecular weight is 509 g/mol. The van der Waals surface area contributed by atoms with Crippen LogP contribution in [0, 0.1) is 28.4 Å². The Morgan fingerprint density at radius 1 is 1.28 bits per heavy atom. The molecule has 2 amide bonds. The van der Waals surface area contributed by atoms with E-state index in [4.69, 9.17) is 10.8 Å². The van der Waals surface area contributed by atoms with Gasteiger partial charge in [-0.1, -0.05) is 6.92 Å². The molecule has 1 saturated heterocycles. The number of carbonyl (C=O) groups excluding carboxylic acids is 1. The first-order valence-corrected chi connectivity index (χ1v) is 11.2. The number of piperidine rings is 1. The highest BCUT2D eigenvalue weighted by molar-refractivity contribution is 5.92. The predicted molar refractivity (Wildman–Crippen MR) is 122 cm³/mol. The van der Waals surface area contributed by atoms with Crippen LogP contribution in [0.2, 0.25) is 0 Å². The van der Waals surface area contributed by atoms with Crippen LogP contribution in [-0.2, 0) is 6.18 Å². The number of amides is 2. The number of benzene rings is 1. The second-order valence-corrected chi connectivity index (χ2v) is 9.37. The predicted octanol–water partition coefficient (Wildman–Crippen LogP) is 5.12. The zero-order valence-corrected chi connectivity index (χ0v) is 19.5. The maximum Gasteiger partial charge on any atom is 0.417 e. The van der Waals surface area contributed by atoms with Crippen molar-refractivity contribution in [3.63, 3.8) is 0 Å². The summed E-state index contributed by atoms with van der Waals surface area (Å²) in [6, 6.07) is 0.182. The summed E-state index contributed by atoms with van der Waals surface area (Å²) in [6.07, 6.45) is -0.637. The number of alkyl halides is 3. The number of nitrogens with one attached hydrogen (secondary N) is 3. The number of fused-ring (bicyclic) bond motifs is 2. The number of rotatable bonds is 5. The van der Waals surface area contributed by atoms with Crippen LogP contribution in [0.4, 0.5) is 32.4 Å². The summed E-state index contributed by atoms with van der Waals surface area (Å²) in [5.41, 5.74) is -3.19. The molecule has 2 heterocycles. The van der Waals surface area contributed by atoms with Gasteiger partial charge in [-0.05, 0) is 44.2 Å². The zero-order chi connectivity index (χ0) is 26.4. The van der Waals surface area contributed by atoms with Gasteiger partial charge in [0, 0.05) is 18.2 Å². The molecule has 1 aromatic heterocycles. The summed E-state index contributed by atoms with van der Waals surface area (Å²) >= 11 is 0. The molecule has 8 nitrogen and oxygen atoms in total. The number of halogens is 5. The van der Waals surface area contributed by atoms with Gasteiger partial charge in [0.25, 0.3) is 0 Å². The molecule has 1 aliphatic heterocycles. The lowest BCUT2D eigenvalue weighted by Crippen LogP contribution is -2.75. The summed E-state index contributed by atoms with van der Waals surface area (Å²) in [5, 5.41) is 17.9. The Balaban J connectivity index is 1.67. The largest absolute Gasteiger partial charge is 0.417 e. The number of hydrogen-bond donors (Lipinski definition) is 3. The van der Waals surface area contributed by atoms with E-state index in [9.17, 15) is 26.7 Å². The third kappa shape index (κ3) is 4.61. The minimum atomic E-state index is -4.95. The first-order chi connectivity index (χ1) is 16.8. The van der Waals surface area contributed by atoms with E-state index in [-0.39, 0.29) is 30.4 Å². The Bertz CT molecular complexity index is 1200. The highest BCUT2D eigenvalue weighted by Crippen LogP contribution is 2.50. The lowest BCUT2D eigenvalue weighted by molar-refractivity contribution is -0.137. The minimum absolute atomic E-state index is 0.124. The van der Waals surface area contributed by atoms with Crippen LogP contribution in [0.15, 0.2) is 24.5 Å². The van der Waals surface area contributed by atoms with Crippen molar-refractivity contribution in [3.8, 4) is 11.4 Å². The molecule has 1 aliphatic carbocycles. The fourth-order valence-corrected chi connectivity index (χ4v) is 5.35. The summed E-state index contributed by atoms with van der Waals surface area (Å²) in [4.78, 5) is 23.4. The molecule has 2 aliphatic rings. The molecule has 4 rings (SSSR count). The van der Waals surface area contributed by atoms with E-state index >= 15 is 0 Å². The summed E-state index contributed by atoms with van der Waals surface area (Å²) < 4.78 is 68.9. The lowest BCUT2D eigenvalue weighted by Gasteiger charge is -2.64. The number of aromatic nitrogens is 2. The molecule has 2 fully saturated rings. The van der Waals surface area contributed by atoms with Gasteiger partial charge in [-0.2, -0.15) is 13.2 Å². The van der Waals surface area contributed by atoms with E-state index in [2.05, 4.69) is 15.3 Å². The molecule has 1 saturated carbocycles. The molecule has 192 valence electrons. The number of urea groups is 1. The zero-order valence-electron chi connectivity index (χ0n) is 19.5. The summed E-state index contributed by atoms with van der Waals surface area (Å²) in [7, 11) is 0. The third-order valence-corrected chi connectivity index (χ3v) is 6.68. The highest BCUT2D eigenvalue weighted by atomic mass is 19.4. The first kappa shape index (κ1) is 25.5. The van der Waals surface area contributed by atoms with Crippen LogP contribution in [-0.4, -0.2) is 56.1 Å². The number of amidine groups is 1. The molecule has 3 atom stereocenters. The Morgan fingerprint density at radius 3 is 2.53 bits per heavy atom. The highest BCUT2D eigenvalue weighted by Gasteiger charge is 2.58. The van der Waals surface area contributed by atoms with Gasteiger partial charge < -0.3 is 15.1 Å². The van der Waals surface area contributed by atoms with Crippen molar-refractivity contribution in [3.05, 3.63) is 41.7 Å². The van der Waals surface area contributed by atoms with Gasteiger partial charge in [-0.25, -0.2) is 23.5 Å². The second-order valence-electron chi connectivity index (χ2n) is 9.37. The van der Waals surface area contributed by atoms with Crippen molar-refractivity contribution in [2.75, 3.05) is 11.9 Å². The number of anilines is 1. The van der Waals surface area contributed by atoms with Crippen LogP contribution < -0.4 is 5.32 Å². The molecule has 1 aromatic carbocycles. The fourth-order valence-electron chi connectivity index (χ4n) is 5.35. The van der Waals surface area contributed by atoms with E-state index in [0.717, 1.165) is 12.4 Å². The average Bonchev–Trinajstić information content (AvgIpc) is 2.77. The lowest BCUT2D eigenvalue weighted by atomic mass is 9.64. The van der Waals surface area contributed by atoms with Crippen LogP contribution in [0.1, 0.15) is 38.7 Å². The van der Waals surface area contributed by atoms with Gasteiger partial charge in [0.15, 0.2) is 11.6 Å². The van der Waals surface area contributed by atoms with Crippen LogP contribution in [0.5, 0.6) is 0 Å². The van der Waals surface area contributed by atoms with Crippen molar-refractivity contribution < 1.29 is 26.7 Å². The Kier molecular flexibility index (Phi) is 6.43. The quantitative estimate of drug-likeness (QED) is 0.295. The van der Waals surface area contributed by atoms with E-state index in [1.165, 1.54) is 16.7 Å². The summed E-state index contributed by atoms with van der Waals surface area (Å²) in [5.74, 6) is -2.24. The van der Waals surface area contributed by atoms with Gasteiger partial charge in [0.2, 0.25) is 0 Å². The van der Waals surface area contributed by atoms with Gasteiger partial charge in [0.05, 0.1) is 41.4 Å². The number of nitrogens with zero attached hydrogens (tertiary/aromatic N) is 4.